The van der Waals surface area contributed by atoms with Gasteiger partial charge in [0.1, 0.15) is 0 Å². The molecular formula is C21H35N5. The van der Waals surface area contributed by atoms with Gasteiger partial charge in [-0.15, -0.1) is 0 Å². The lowest BCUT2D eigenvalue weighted by Crippen LogP contribution is -2.45. The summed E-state index contributed by atoms with van der Waals surface area (Å²) < 4.78 is 0. The number of piperidine rings is 1. The van der Waals surface area contributed by atoms with E-state index in [-0.39, 0.29) is 0 Å². The van der Waals surface area contributed by atoms with Crippen LogP contribution >= 0.6 is 0 Å². The molecule has 2 aliphatic rings. The summed E-state index contributed by atoms with van der Waals surface area (Å²) in [5, 5.41) is 10.4. The average Bonchev–Trinajstić information content (AvgIpc) is 2.69. The van der Waals surface area contributed by atoms with Crippen molar-refractivity contribution in [1.82, 2.24) is 20.1 Å². The first-order chi connectivity index (χ1) is 12.8. The van der Waals surface area contributed by atoms with Gasteiger partial charge in [0.05, 0.1) is 6.21 Å². The van der Waals surface area contributed by atoms with Crippen molar-refractivity contribution in [2.24, 2.45) is 5.10 Å². The van der Waals surface area contributed by atoms with E-state index >= 15 is 0 Å². The van der Waals surface area contributed by atoms with E-state index in [0.29, 0.717) is 0 Å². The predicted octanol–water partition coefficient (Wildman–Crippen LogP) is 2.23. The standard InChI is InChI=1S/C21H35N5/c1-24-14-16-25(17-15-24)11-5-10-22-18-20-6-8-21(9-7-20)19-23-26-12-3-2-4-13-26/h6-9,19,22H,2-5,10-18H2,1H3. The van der Waals surface area contributed by atoms with Crippen LogP contribution in [0.2, 0.25) is 0 Å². The Hall–Kier alpha value is -1.43. The summed E-state index contributed by atoms with van der Waals surface area (Å²) >= 11 is 0. The monoisotopic (exact) mass is 357 g/mol. The van der Waals surface area contributed by atoms with Crippen molar-refractivity contribution in [3.05, 3.63) is 35.4 Å². The normalized spacial score (nSPS) is 20.1. The quantitative estimate of drug-likeness (QED) is 0.571. The van der Waals surface area contributed by atoms with Crippen molar-refractivity contribution in [1.29, 1.82) is 0 Å². The van der Waals surface area contributed by atoms with Gasteiger partial charge in [0.25, 0.3) is 0 Å². The van der Waals surface area contributed by atoms with Gasteiger partial charge in [-0.05, 0) is 56.9 Å². The fraction of sp³-hybridized carbons (Fsp3) is 0.667. The molecule has 1 N–H and O–H groups in total. The van der Waals surface area contributed by atoms with Crippen molar-refractivity contribution in [3.8, 4) is 0 Å². The SMILES string of the molecule is CN1CCN(CCCNCc2ccc(C=NN3CCCCC3)cc2)CC1. The zero-order valence-electron chi connectivity index (χ0n) is 16.4. The van der Waals surface area contributed by atoms with E-state index < -0.39 is 0 Å². The van der Waals surface area contributed by atoms with Crippen LogP contribution in [0, 0.1) is 0 Å². The molecule has 5 nitrogen and oxygen atoms in total. The molecule has 2 aliphatic heterocycles. The molecule has 1 aromatic rings. The molecule has 3 rings (SSSR count). The van der Waals surface area contributed by atoms with Crippen LogP contribution in [0.5, 0.6) is 0 Å². The smallest absolute Gasteiger partial charge is 0.0542 e. The van der Waals surface area contributed by atoms with Crippen molar-refractivity contribution in [3.63, 3.8) is 0 Å². The van der Waals surface area contributed by atoms with E-state index in [4.69, 9.17) is 0 Å². The zero-order valence-corrected chi connectivity index (χ0v) is 16.4. The van der Waals surface area contributed by atoms with Crippen LogP contribution in [-0.2, 0) is 6.54 Å². The van der Waals surface area contributed by atoms with Gasteiger partial charge in [0, 0.05) is 45.8 Å². The number of likely N-dealkylation sites (N-methyl/N-ethyl adjacent to an activating group) is 1. The maximum atomic E-state index is 4.60. The molecule has 0 aliphatic carbocycles. The fourth-order valence-corrected chi connectivity index (χ4v) is 3.59. The van der Waals surface area contributed by atoms with Gasteiger partial charge in [-0.2, -0.15) is 5.10 Å². The van der Waals surface area contributed by atoms with Crippen LogP contribution in [0.25, 0.3) is 0 Å². The summed E-state index contributed by atoms with van der Waals surface area (Å²) in [5.74, 6) is 0. The lowest BCUT2D eigenvalue weighted by atomic mass is 10.1. The number of rotatable bonds is 8. The van der Waals surface area contributed by atoms with E-state index in [9.17, 15) is 0 Å². The molecule has 0 aromatic heterocycles. The molecule has 0 unspecified atom stereocenters. The van der Waals surface area contributed by atoms with Crippen LogP contribution < -0.4 is 5.32 Å². The fourth-order valence-electron chi connectivity index (χ4n) is 3.59. The number of nitrogens with zero attached hydrogens (tertiary/aromatic N) is 4. The first-order valence-corrected chi connectivity index (χ1v) is 10.3. The third kappa shape index (κ3) is 6.71. The molecule has 5 heteroatoms. The van der Waals surface area contributed by atoms with Gasteiger partial charge in [-0.3, -0.25) is 5.01 Å². The third-order valence-electron chi connectivity index (χ3n) is 5.44. The molecule has 2 saturated heterocycles. The van der Waals surface area contributed by atoms with Gasteiger partial charge < -0.3 is 15.1 Å². The molecule has 1 aromatic carbocycles. The molecule has 0 radical (unpaired) electrons. The highest BCUT2D eigenvalue weighted by molar-refractivity contribution is 5.79. The highest BCUT2D eigenvalue weighted by Crippen LogP contribution is 2.09. The van der Waals surface area contributed by atoms with E-state index in [1.807, 2.05) is 6.21 Å². The first kappa shape index (κ1) is 19.3. The second-order valence-electron chi connectivity index (χ2n) is 7.68. The highest BCUT2D eigenvalue weighted by Gasteiger charge is 2.12. The summed E-state index contributed by atoms with van der Waals surface area (Å²) in [7, 11) is 2.21. The molecule has 0 bridgehead atoms. The second kappa shape index (κ2) is 10.7. The van der Waals surface area contributed by atoms with Gasteiger partial charge in [-0.1, -0.05) is 24.3 Å². The highest BCUT2D eigenvalue weighted by atomic mass is 15.4. The van der Waals surface area contributed by atoms with E-state index in [2.05, 4.69) is 56.5 Å². The van der Waals surface area contributed by atoms with Crippen LogP contribution in [-0.4, -0.2) is 80.4 Å². The molecule has 0 amide bonds. The van der Waals surface area contributed by atoms with Crippen LogP contribution in [0.4, 0.5) is 0 Å². The van der Waals surface area contributed by atoms with E-state index in [0.717, 1.165) is 26.2 Å². The van der Waals surface area contributed by atoms with Crippen molar-refractivity contribution in [2.75, 3.05) is 59.4 Å². The van der Waals surface area contributed by atoms with E-state index in [1.54, 1.807) is 0 Å². The number of hydrazone groups is 1. The molecule has 0 spiro atoms. The van der Waals surface area contributed by atoms with E-state index in [1.165, 1.54) is 69.5 Å². The Kier molecular flexibility index (Phi) is 7.92. The van der Waals surface area contributed by atoms with Crippen molar-refractivity contribution >= 4 is 6.21 Å². The summed E-state index contributed by atoms with van der Waals surface area (Å²) in [5.41, 5.74) is 2.54. The summed E-state index contributed by atoms with van der Waals surface area (Å²) in [6.45, 7) is 10.3. The summed E-state index contributed by atoms with van der Waals surface area (Å²) in [6, 6.07) is 8.78. The minimum absolute atomic E-state index is 0.951. The molecule has 2 heterocycles. The third-order valence-corrected chi connectivity index (χ3v) is 5.44. The zero-order chi connectivity index (χ0) is 18.0. The second-order valence-corrected chi connectivity index (χ2v) is 7.68. The number of piperazine rings is 1. The first-order valence-electron chi connectivity index (χ1n) is 10.3. The number of nitrogens with one attached hydrogen (secondary N) is 1. The Morgan fingerprint density at radius 1 is 0.962 bits per heavy atom. The average molecular weight is 358 g/mol. The molecule has 26 heavy (non-hydrogen) atoms. The number of benzene rings is 1. The van der Waals surface area contributed by atoms with Gasteiger partial charge in [0.15, 0.2) is 0 Å². The molecular weight excluding hydrogens is 322 g/mol. The summed E-state index contributed by atoms with van der Waals surface area (Å²) in [6.07, 6.45) is 7.12. The lowest BCUT2D eigenvalue weighted by Gasteiger charge is -2.32. The predicted molar refractivity (Wildman–Crippen MR) is 110 cm³/mol. The number of hydrogen-bond donors (Lipinski definition) is 1. The minimum atomic E-state index is 0.951. The summed E-state index contributed by atoms with van der Waals surface area (Å²) in [4.78, 5) is 4.99. The Morgan fingerprint density at radius 3 is 2.42 bits per heavy atom. The Morgan fingerprint density at radius 2 is 1.69 bits per heavy atom. The lowest BCUT2D eigenvalue weighted by molar-refractivity contribution is 0.153. The molecule has 144 valence electrons. The molecule has 0 atom stereocenters. The Balaban J connectivity index is 1.29. The molecule has 2 fully saturated rings. The Labute approximate surface area is 159 Å². The van der Waals surface area contributed by atoms with Gasteiger partial charge in [-0.25, -0.2) is 0 Å². The maximum Gasteiger partial charge on any atom is 0.0542 e. The van der Waals surface area contributed by atoms with Crippen molar-refractivity contribution in [2.45, 2.75) is 32.2 Å². The Bertz CT molecular complexity index is 528. The number of hydrogen-bond acceptors (Lipinski definition) is 5. The molecule has 0 saturated carbocycles. The van der Waals surface area contributed by atoms with Crippen LogP contribution in [0.3, 0.4) is 0 Å². The van der Waals surface area contributed by atoms with Gasteiger partial charge in [0.2, 0.25) is 0 Å². The van der Waals surface area contributed by atoms with Crippen LogP contribution in [0.1, 0.15) is 36.8 Å². The topological polar surface area (TPSA) is 34.1 Å². The van der Waals surface area contributed by atoms with Crippen molar-refractivity contribution < 1.29 is 0 Å². The largest absolute Gasteiger partial charge is 0.313 e. The minimum Gasteiger partial charge on any atom is -0.313 e. The van der Waals surface area contributed by atoms with Crippen LogP contribution in [0.15, 0.2) is 29.4 Å². The maximum absolute atomic E-state index is 4.60. The van der Waals surface area contributed by atoms with Gasteiger partial charge >= 0.3 is 0 Å².